The molecule has 0 fully saturated rings. The topological polar surface area (TPSA) is 22.8 Å². The molecule has 0 saturated carbocycles. The third kappa shape index (κ3) is 3.76. The van der Waals surface area contributed by atoms with E-state index in [4.69, 9.17) is 4.98 Å². The van der Waals surface area contributed by atoms with Crippen molar-refractivity contribution < 1.29 is 0 Å². The zero-order valence-electron chi connectivity index (χ0n) is 29.7. The van der Waals surface area contributed by atoms with Crippen LogP contribution in [-0.2, 0) is 11.8 Å². The number of benzene rings is 7. The summed E-state index contributed by atoms with van der Waals surface area (Å²) in [4.78, 5) is 4.72. The summed E-state index contributed by atoms with van der Waals surface area (Å²) < 4.78 is 4.85. The van der Waals surface area contributed by atoms with E-state index in [2.05, 4.69) is 169 Å². The van der Waals surface area contributed by atoms with Gasteiger partial charge in [-0.15, -0.1) is 0 Å². The Morgan fingerprint density at radius 3 is 2.17 bits per heavy atom. The molecule has 0 N–H and O–H groups in total. The second-order valence-electron chi connectivity index (χ2n) is 15.4. The molecule has 2 aliphatic carbocycles. The van der Waals surface area contributed by atoms with Crippen LogP contribution >= 0.6 is 0 Å². The highest BCUT2D eigenvalue weighted by Crippen LogP contribution is 2.55. The van der Waals surface area contributed by atoms with Crippen LogP contribution in [0.1, 0.15) is 42.5 Å². The minimum atomic E-state index is -0.211. The zero-order valence-corrected chi connectivity index (χ0v) is 29.7. The van der Waals surface area contributed by atoms with Gasteiger partial charge < -0.3 is 9.13 Å². The Morgan fingerprint density at radius 2 is 1.28 bits per heavy atom. The van der Waals surface area contributed by atoms with Gasteiger partial charge >= 0.3 is 0 Å². The Hall–Kier alpha value is -6.45. The summed E-state index contributed by atoms with van der Waals surface area (Å²) in [6, 6.07) is 47.4. The van der Waals surface area contributed by atoms with Crippen molar-refractivity contribution in [3.8, 4) is 22.5 Å². The second kappa shape index (κ2) is 10.3. The molecule has 3 aromatic heterocycles. The molecule has 3 heterocycles. The second-order valence-corrected chi connectivity index (χ2v) is 15.4. The van der Waals surface area contributed by atoms with Crippen LogP contribution in [-0.4, -0.2) is 14.1 Å². The van der Waals surface area contributed by atoms with Crippen LogP contribution in [0.4, 0.5) is 0 Å². The maximum Gasteiger partial charge on any atom is 0.0572 e. The Balaban J connectivity index is 1.14. The summed E-state index contributed by atoms with van der Waals surface area (Å²) in [5.74, 6) is 0. The largest absolute Gasteiger partial charge is 0.309 e. The molecule has 0 saturated heterocycles. The van der Waals surface area contributed by atoms with Crippen molar-refractivity contribution in [2.45, 2.75) is 32.1 Å². The molecule has 2 aliphatic rings. The third-order valence-corrected chi connectivity index (χ3v) is 12.4. The van der Waals surface area contributed by atoms with Gasteiger partial charge in [-0.25, -0.2) is 0 Å². The van der Waals surface area contributed by atoms with Crippen molar-refractivity contribution in [3.05, 3.63) is 168 Å². The molecule has 250 valence electrons. The molecule has 0 unspecified atom stereocenters. The lowest BCUT2D eigenvalue weighted by molar-refractivity contribution is 0.667. The van der Waals surface area contributed by atoms with Gasteiger partial charge in [0, 0.05) is 50.7 Å². The Morgan fingerprint density at radius 1 is 0.547 bits per heavy atom. The molecule has 0 radical (unpaired) electrons. The number of hydrogen-bond donors (Lipinski definition) is 0. The number of hydrogen-bond acceptors (Lipinski definition) is 1. The van der Waals surface area contributed by atoms with Gasteiger partial charge in [-0.2, -0.15) is 0 Å². The van der Waals surface area contributed by atoms with E-state index in [1.54, 1.807) is 0 Å². The monoisotopic (exact) mass is 677 g/mol. The fourth-order valence-electron chi connectivity index (χ4n) is 10.2. The Bertz CT molecular complexity index is 3240. The Kier molecular flexibility index (Phi) is 5.68. The fourth-order valence-corrected chi connectivity index (χ4v) is 10.2. The minimum Gasteiger partial charge on any atom is -0.309 e. The summed E-state index contributed by atoms with van der Waals surface area (Å²) >= 11 is 0. The van der Waals surface area contributed by atoms with E-state index in [-0.39, 0.29) is 5.41 Å². The van der Waals surface area contributed by atoms with Crippen molar-refractivity contribution >= 4 is 71.2 Å². The van der Waals surface area contributed by atoms with Gasteiger partial charge in [0.15, 0.2) is 0 Å². The van der Waals surface area contributed by atoms with Crippen LogP contribution in [0.2, 0.25) is 0 Å². The smallest absolute Gasteiger partial charge is 0.0572 e. The van der Waals surface area contributed by atoms with Crippen LogP contribution < -0.4 is 0 Å². The lowest BCUT2D eigenvalue weighted by Crippen LogP contribution is -2.15. The van der Waals surface area contributed by atoms with E-state index < -0.39 is 0 Å². The van der Waals surface area contributed by atoms with Crippen molar-refractivity contribution in [3.63, 3.8) is 0 Å². The first-order chi connectivity index (χ1) is 26.1. The molecule has 53 heavy (non-hydrogen) atoms. The predicted octanol–water partition coefficient (Wildman–Crippen LogP) is 12.8. The molecular formula is C50H35N3. The lowest BCUT2D eigenvalue weighted by atomic mass is 9.79. The van der Waals surface area contributed by atoms with Gasteiger partial charge in [0.25, 0.3) is 0 Å². The van der Waals surface area contributed by atoms with E-state index in [0.29, 0.717) is 0 Å². The number of fused-ring (bicyclic) bond motifs is 16. The van der Waals surface area contributed by atoms with Crippen molar-refractivity contribution in [1.82, 2.24) is 14.1 Å². The zero-order chi connectivity index (χ0) is 35.0. The average Bonchev–Trinajstić information content (AvgIpc) is 3.80. The minimum absolute atomic E-state index is 0.211. The van der Waals surface area contributed by atoms with Gasteiger partial charge in [-0.3, -0.25) is 4.98 Å². The highest BCUT2D eigenvalue weighted by atomic mass is 15.0. The summed E-state index contributed by atoms with van der Waals surface area (Å²) in [7, 11) is 0. The SMILES string of the molecule is CC1(C)c2cc3c4c(c5ccccc5c3cc2-c2ccc3c(c21)c1cnccc1n3-c1ccc2c(c1)c1ccccc1n2-c1ccccc1)CCC=C4. The number of aromatic nitrogens is 3. The van der Waals surface area contributed by atoms with E-state index in [1.807, 2.05) is 6.20 Å². The van der Waals surface area contributed by atoms with E-state index in [0.717, 1.165) is 18.5 Å². The highest BCUT2D eigenvalue weighted by Gasteiger charge is 2.39. The molecule has 3 heteroatoms. The molecular weight excluding hydrogens is 643 g/mol. The molecule has 3 nitrogen and oxygen atoms in total. The fraction of sp³-hybridized carbons (Fsp3) is 0.100. The van der Waals surface area contributed by atoms with Crippen molar-refractivity contribution in [2.75, 3.05) is 0 Å². The number of allylic oxidation sites excluding steroid dienone is 1. The van der Waals surface area contributed by atoms with Gasteiger partial charge in [0.1, 0.15) is 0 Å². The maximum atomic E-state index is 4.72. The summed E-state index contributed by atoms with van der Waals surface area (Å²) in [6.07, 6.45) is 10.9. The van der Waals surface area contributed by atoms with Gasteiger partial charge in [0.2, 0.25) is 0 Å². The maximum absolute atomic E-state index is 4.72. The number of para-hydroxylation sites is 2. The van der Waals surface area contributed by atoms with Gasteiger partial charge in [-0.1, -0.05) is 92.7 Å². The summed E-state index contributed by atoms with van der Waals surface area (Å²) in [5, 5.41) is 10.5. The highest BCUT2D eigenvalue weighted by molar-refractivity contribution is 6.18. The normalized spacial score (nSPS) is 14.5. The van der Waals surface area contributed by atoms with Gasteiger partial charge in [0.05, 0.1) is 22.1 Å². The third-order valence-electron chi connectivity index (χ3n) is 12.4. The standard InChI is InChI=1S/C50H35N3/c1-50(2)43-28-39-35-17-9-7-15-33(35)32-14-6-8-16-34(32)38(39)27-40(43)37-21-23-47-48(49(37)50)42-29-51-25-24-46(42)53(47)31-20-22-45-41(26-31)36-18-10-11-19-44(36)52(45)30-12-4-3-5-13-30/h3-6,8-14,16-29H,7,15H2,1-2H3. The molecule has 0 atom stereocenters. The molecule has 10 aromatic rings. The van der Waals surface area contributed by atoms with Crippen LogP contribution in [0.5, 0.6) is 0 Å². The summed E-state index contributed by atoms with van der Waals surface area (Å²) in [6.45, 7) is 4.85. The predicted molar refractivity (Wildman–Crippen MR) is 223 cm³/mol. The number of rotatable bonds is 2. The molecule has 12 rings (SSSR count). The van der Waals surface area contributed by atoms with E-state index in [9.17, 15) is 0 Å². The van der Waals surface area contributed by atoms with Gasteiger partial charge in [-0.05, 0) is 128 Å². The molecule has 0 amide bonds. The van der Waals surface area contributed by atoms with E-state index >= 15 is 0 Å². The van der Waals surface area contributed by atoms with Crippen molar-refractivity contribution in [1.29, 1.82) is 0 Å². The number of nitrogens with zero attached hydrogens (tertiary/aromatic N) is 3. The summed E-state index contributed by atoms with van der Waals surface area (Å²) in [5.41, 5.74) is 15.3. The average molecular weight is 678 g/mol. The molecule has 0 spiro atoms. The quantitative estimate of drug-likeness (QED) is 0.167. The number of pyridine rings is 1. The Labute approximate surface area is 307 Å². The van der Waals surface area contributed by atoms with Crippen LogP contribution in [0.15, 0.2) is 146 Å². The van der Waals surface area contributed by atoms with Crippen molar-refractivity contribution in [2.24, 2.45) is 0 Å². The molecule has 0 bridgehead atoms. The first kappa shape index (κ1) is 29.2. The van der Waals surface area contributed by atoms with Crippen LogP contribution in [0.25, 0.3) is 93.7 Å². The lowest BCUT2D eigenvalue weighted by Gasteiger charge is -2.24. The van der Waals surface area contributed by atoms with E-state index in [1.165, 1.54) is 104 Å². The van der Waals surface area contributed by atoms with Crippen LogP contribution in [0, 0.1) is 0 Å². The first-order valence-electron chi connectivity index (χ1n) is 18.8. The van der Waals surface area contributed by atoms with Crippen LogP contribution in [0.3, 0.4) is 0 Å². The first-order valence-corrected chi connectivity index (χ1v) is 18.8. The molecule has 7 aromatic carbocycles. The number of aryl methyl sites for hydroxylation is 1. The molecule has 0 aliphatic heterocycles.